The first-order valence-corrected chi connectivity index (χ1v) is 12.0. The van der Waals surface area contributed by atoms with Crippen LogP contribution in [0.1, 0.15) is 28.6 Å². The van der Waals surface area contributed by atoms with Crippen molar-refractivity contribution in [1.29, 1.82) is 0 Å². The molecule has 1 aromatic heterocycles. The van der Waals surface area contributed by atoms with Crippen LogP contribution in [0.25, 0.3) is 11.0 Å². The second-order valence-corrected chi connectivity index (χ2v) is 9.34. The van der Waals surface area contributed by atoms with Crippen molar-refractivity contribution < 1.29 is 33.3 Å². The summed E-state index contributed by atoms with van der Waals surface area (Å²) in [5.41, 5.74) is 0.887. The molecule has 0 bridgehead atoms. The maximum atomic E-state index is 13.8. The Labute approximate surface area is 219 Å². The van der Waals surface area contributed by atoms with E-state index in [0.29, 0.717) is 58.3 Å². The zero-order valence-electron chi connectivity index (χ0n) is 21.3. The van der Waals surface area contributed by atoms with Gasteiger partial charge < -0.3 is 33.5 Å². The van der Waals surface area contributed by atoms with Gasteiger partial charge in [0.1, 0.15) is 5.58 Å². The predicted molar refractivity (Wildman–Crippen MR) is 139 cm³/mol. The summed E-state index contributed by atoms with van der Waals surface area (Å²) in [7, 11) is 8.31. The molecule has 0 saturated heterocycles. The lowest BCUT2D eigenvalue weighted by Gasteiger charge is -2.28. The van der Waals surface area contributed by atoms with Gasteiger partial charge in [-0.2, -0.15) is 0 Å². The minimum Gasteiger partial charge on any atom is -0.503 e. The highest BCUT2D eigenvalue weighted by Gasteiger charge is 2.45. The lowest BCUT2D eigenvalue weighted by Crippen LogP contribution is -2.33. The van der Waals surface area contributed by atoms with Gasteiger partial charge in [0, 0.05) is 17.0 Å². The van der Waals surface area contributed by atoms with E-state index in [1.54, 1.807) is 36.4 Å². The Bertz CT molecular complexity index is 1350. The number of aliphatic hydroxyl groups is 1. The van der Waals surface area contributed by atoms with Crippen LogP contribution >= 0.6 is 11.6 Å². The topological polar surface area (TPSA) is 102 Å². The van der Waals surface area contributed by atoms with Crippen LogP contribution in [0, 0.1) is 0 Å². The highest BCUT2D eigenvalue weighted by Crippen LogP contribution is 2.45. The molecule has 3 aromatic rings. The quantitative estimate of drug-likeness (QED) is 0.380. The smallest absolute Gasteiger partial charge is 0.290 e. The number of hydrogen-bond donors (Lipinski definition) is 1. The van der Waals surface area contributed by atoms with Crippen LogP contribution < -0.4 is 14.2 Å². The highest BCUT2D eigenvalue weighted by molar-refractivity contribution is 6.31. The molecule has 1 N–H and O–H groups in total. The van der Waals surface area contributed by atoms with E-state index in [1.165, 1.54) is 26.2 Å². The van der Waals surface area contributed by atoms with Crippen molar-refractivity contribution in [3.63, 3.8) is 0 Å². The predicted octanol–water partition coefficient (Wildman–Crippen LogP) is 4.64. The fourth-order valence-electron chi connectivity index (χ4n) is 4.54. The van der Waals surface area contributed by atoms with Crippen LogP contribution in [0.3, 0.4) is 0 Å². The Morgan fingerprint density at radius 3 is 2.35 bits per heavy atom. The zero-order valence-corrected chi connectivity index (χ0v) is 22.1. The molecule has 9 nitrogen and oxygen atoms in total. The Morgan fingerprint density at radius 1 is 1.08 bits per heavy atom. The normalized spacial score (nSPS) is 15.7. The number of hydrogen-bond acceptors (Lipinski definition) is 8. The molecule has 2 heterocycles. The van der Waals surface area contributed by atoms with Gasteiger partial charge in [-0.3, -0.25) is 9.59 Å². The van der Waals surface area contributed by atoms with Gasteiger partial charge in [-0.25, -0.2) is 0 Å². The summed E-state index contributed by atoms with van der Waals surface area (Å²) >= 11 is 6.09. The lowest BCUT2D eigenvalue weighted by atomic mass is 9.94. The van der Waals surface area contributed by atoms with Gasteiger partial charge in [-0.1, -0.05) is 11.6 Å². The zero-order chi connectivity index (χ0) is 26.9. The van der Waals surface area contributed by atoms with Gasteiger partial charge in [-0.05, 0) is 69.0 Å². The number of rotatable bonds is 10. The van der Waals surface area contributed by atoms with Crippen LogP contribution in [0.15, 0.2) is 52.1 Å². The summed E-state index contributed by atoms with van der Waals surface area (Å²) in [5.74, 6) is -0.797. The second-order valence-electron chi connectivity index (χ2n) is 8.90. The maximum Gasteiger partial charge on any atom is 0.290 e. The van der Waals surface area contributed by atoms with Gasteiger partial charge >= 0.3 is 0 Å². The Hall–Kier alpha value is -3.69. The van der Waals surface area contributed by atoms with E-state index in [9.17, 15) is 14.7 Å². The number of ketones is 1. The van der Waals surface area contributed by atoms with Gasteiger partial charge in [-0.15, -0.1) is 0 Å². The maximum absolute atomic E-state index is 13.8. The molecule has 0 aliphatic carbocycles. The van der Waals surface area contributed by atoms with E-state index in [4.69, 9.17) is 30.2 Å². The minimum atomic E-state index is -0.910. The Morgan fingerprint density at radius 2 is 1.76 bits per heavy atom. The van der Waals surface area contributed by atoms with E-state index in [-0.39, 0.29) is 11.3 Å². The summed E-state index contributed by atoms with van der Waals surface area (Å²) in [6, 6.07) is 8.97. The number of methoxy groups -OCH3 is 3. The monoisotopic (exact) mass is 528 g/mol. The van der Waals surface area contributed by atoms with E-state index < -0.39 is 23.5 Å². The number of carbonyl (C=O) groups excluding carboxylic acids is 2. The molecular formula is C27H29ClN2O7. The standard InChI is InChI=1S/C27H29ClN2O7/c1-29(2)9-6-10-30-23(16-13-20(34-3)26(36-5)21(14-16)35-4)22(25(32)27(30)33)24(31)19-12-15-11-17(28)7-8-18(15)37-19/h7-8,11-14,23,32H,6,9-10H2,1-5H3. The first kappa shape index (κ1) is 26.4. The van der Waals surface area contributed by atoms with Gasteiger partial charge in [0.2, 0.25) is 11.5 Å². The third-order valence-electron chi connectivity index (χ3n) is 6.26. The molecule has 4 rings (SSSR count). The van der Waals surface area contributed by atoms with E-state index in [2.05, 4.69) is 0 Å². The third-order valence-corrected chi connectivity index (χ3v) is 6.49. The summed E-state index contributed by atoms with van der Waals surface area (Å²) in [4.78, 5) is 30.5. The Balaban J connectivity index is 1.84. The number of benzene rings is 2. The van der Waals surface area contributed by atoms with E-state index in [1.807, 2.05) is 19.0 Å². The number of amides is 1. The fraction of sp³-hybridized carbons (Fsp3) is 0.333. The van der Waals surface area contributed by atoms with E-state index >= 15 is 0 Å². The molecule has 1 unspecified atom stereocenters. The average Bonchev–Trinajstić information content (AvgIpc) is 3.41. The number of nitrogens with zero attached hydrogens (tertiary/aromatic N) is 2. The van der Waals surface area contributed by atoms with Gasteiger partial charge in [0.15, 0.2) is 23.0 Å². The molecular weight excluding hydrogens is 500 g/mol. The molecule has 2 aromatic carbocycles. The molecule has 196 valence electrons. The molecule has 10 heteroatoms. The number of furan rings is 1. The number of aliphatic hydroxyl groups excluding tert-OH is 1. The van der Waals surface area contributed by atoms with Crippen LogP contribution in [0.2, 0.25) is 5.02 Å². The van der Waals surface area contributed by atoms with Crippen molar-refractivity contribution in [2.24, 2.45) is 0 Å². The van der Waals surface area contributed by atoms with E-state index in [0.717, 1.165) is 0 Å². The molecule has 0 saturated carbocycles. The summed E-state index contributed by atoms with van der Waals surface area (Å²) in [5, 5.41) is 12.1. The SMILES string of the molecule is COc1cc(C2C(C(=O)c3cc4cc(Cl)ccc4o3)=C(O)C(=O)N2CCCN(C)C)cc(OC)c1OC. The summed E-state index contributed by atoms with van der Waals surface area (Å²) in [6.45, 7) is 1.01. The van der Waals surface area contributed by atoms with Gasteiger partial charge in [0.05, 0.1) is 32.9 Å². The molecule has 0 spiro atoms. The van der Waals surface area contributed by atoms with Crippen LogP contribution in [0.4, 0.5) is 0 Å². The average molecular weight is 529 g/mol. The van der Waals surface area contributed by atoms with Crippen molar-refractivity contribution in [2.45, 2.75) is 12.5 Å². The largest absolute Gasteiger partial charge is 0.503 e. The molecule has 1 amide bonds. The summed E-state index contributed by atoms with van der Waals surface area (Å²) < 4.78 is 22.2. The molecule has 1 atom stereocenters. The van der Waals surface area contributed by atoms with Crippen LogP contribution in [-0.4, -0.2) is 75.1 Å². The van der Waals surface area contributed by atoms with Crippen molar-refractivity contribution in [2.75, 3.05) is 48.5 Å². The first-order valence-electron chi connectivity index (χ1n) is 11.6. The van der Waals surface area contributed by atoms with Crippen molar-refractivity contribution in [3.05, 3.63) is 64.1 Å². The highest BCUT2D eigenvalue weighted by atomic mass is 35.5. The summed E-state index contributed by atoms with van der Waals surface area (Å²) in [6.07, 6.45) is 0.623. The number of ether oxygens (including phenoxy) is 3. The molecule has 0 fully saturated rings. The number of Topliss-reactive ketones (excluding diaryl/α,β-unsaturated/α-hetero) is 1. The fourth-order valence-corrected chi connectivity index (χ4v) is 4.72. The molecule has 1 aliphatic heterocycles. The van der Waals surface area contributed by atoms with Crippen molar-refractivity contribution >= 4 is 34.3 Å². The minimum absolute atomic E-state index is 0.0146. The van der Waals surface area contributed by atoms with Crippen molar-refractivity contribution in [3.8, 4) is 17.2 Å². The lowest BCUT2D eigenvalue weighted by molar-refractivity contribution is -0.129. The van der Waals surface area contributed by atoms with Crippen LogP contribution in [-0.2, 0) is 4.79 Å². The van der Waals surface area contributed by atoms with Gasteiger partial charge in [0.25, 0.3) is 5.91 Å². The number of fused-ring (bicyclic) bond motifs is 1. The number of halogens is 1. The first-order chi connectivity index (χ1) is 17.7. The second kappa shape index (κ2) is 10.7. The third kappa shape index (κ3) is 4.97. The Kier molecular flexibility index (Phi) is 7.65. The number of carbonyl (C=O) groups is 2. The van der Waals surface area contributed by atoms with Crippen molar-refractivity contribution in [1.82, 2.24) is 9.80 Å². The molecule has 1 aliphatic rings. The molecule has 37 heavy (non-hydrogen) atoms. The van der Waals surface area contributed by atoms with Crippen LogP contribution in [0.5, 0.6) is 17.2 Å². The molecule has 0 radical (unpaired) electrons.